The minimum absolute atomic E-state index is 0.0432. The third-order valence-corrected chi connectivity index (χ3v) is 17.1. The number of nitrogens with two attached hydrogens (primary N) is 3. The lowest BCUT2D eigenvalue weighted by atomic mass is 10.0. The second-order valence-electron chi connectivity index (χ2n) is 22.0. The summed E-state index contributed by atoms with van der Waals surface area (Å²) in [6, 6.07) is 1.07. The zero-order valence-electron chi connectivity index (χ0n) is 51.3. The van der Waals surface area contributed by atoms with E-state index in [0.717, 1.165) is 45.1 Å². The number of hydrogen-bond donors (Lipinski definition) is 16. The fraction of sp³-hybridized carbons (Fsp3) is 0.439. The molecule has 5 aromatic rings. The van der Waals surface area contributed by atoms with Crippen LogP contribution in [0.4, 0.5) is 0 Å². The first kappa shape index (κ1) is 72.0. The van der Waals surface area contributed by atoms with Crippen LogP contribution in [0.3, 0.4) is 0 Å². The van der Waals surface area contributed by atoms with Crippen molar-refractivity contribution in [3.8, 4) is 0 Å². The Kier molecular flexibility index (Phi) is 26.5. The number of azide groups is 1. The van der Waals surface area contributed by atoms with Crippen LogP contribution in [0.1, 0.15) is 36.6 Å². The zero-order chi connectivity index (χ0) is 68.7. The molecular formula is C57H74N22O14S2. The molecule has 0 spiro atoms. The number of aliphatic imine (C=N–C) groups is 1. The number of hydrogen-bond acceptors (Lipinski definition) is 19. The van der Waals surface area contributed by atoms with Crippen LogP contribution in [0.5, 0.6) is 0 Å². The summed E-state index contributed by atoms with van der Waals surface area (Å²) in [5.74, 6) is -13.0. The van der Waals surface area contributed by atoms with Gasteiger partial charge in [0.05, 0.1) is 51.1 Å². The molecule has 0 saturated carbocycles. The number of nitrogens with zero attached hydrogens (tertiary/aromatic N) is 8. The molecule has 2 saturated heterocycles. The number of aliphatic hydroxyl groups is 2. The van der Waals surface area contributed by atoms with E-state index in [1.165, 1.54) is 12.5 Å². The summed E-state index contributed by atoms with van der Waals surface area (Å²) in [6.45, 7) is -2.99. The number of benzene rings is 2. The number of imidazole rings is 1. The smallest absolute Gasteiger partial charge is 0.245 e. The molecule has 19 N–H and O–H groups in total. The molecule has 2 bridgehead atoms. The van der Waals surface area contributed by atoms with Crippen molar-refractivity contribution in [1.82, 2.24) is 77.2 Å². The Labute approximate surface area is 549 Å². The van der Waals surface area contributed by atoms with Gasteiger partial charge in [0.1, 0.15) is 54.9 Å². The van der Waals surface area contributed by atoms with Gasteiger partial charge in [0.15, 0.2) is 5.96 Å². The van der Waals surface area contributed by atoms with Gasteiger partial charge in [-0.2, -0.15) is 0 Å². The summed E-state index contributed by atoms with van der Waals surface area (Å²) in [6.07, 6.45) is 4.76. The van der Waals surface area contributed by atoms with Gasteiger partial charge in [-0.05, 0) is 41.6 Å². The molecule has 7 rings (SSSR count). The number of aromatic nitrogens is 4. The summed E-state index contributed by atoms with van der Waals surface area (Å²) in [4.78, 5) is 191. The van der Waals surface area contributed by atoms with E-state index in [9.17, 15) is 67.7 Å². The molecule has 0 radical (unpaired) electrons. The number of primary amides is 1. The van der Waals surface area contributed by atoms with E-state index in [1.807, 2.05) is 0 Å². The molecule has 2 aliphatic heterocycles. The third-order valence-electron chi connectivity index (χ3n) is 15.0. The molecule has 0 unspecified atom stereocenters. The number of carbonyl (C=O) groups is 12. The number of fused-ring (bicyclic) bond motifs is 4. The Morgan fingerprint density at radius 2 is 1.13 bits per heavy atom. The van der Waals surface area contributed by atoms with Crippen molar-refractivity contribution < 1.29 is 67.7 Å². The van der Waals surface area contributed by atoms with Crippen molar-refractivity contribution >= 4 is 122 Å². The highest BCUT2D eigenvalue weighted by atomic mass is 32.2. The topological polar surface area (TPSA) is 551 Å². The lowest BCUT2D eigenvalue weighted by molar-refractivity contribution is -0.156. The van der Waals surface area contributed by atoms with Gasteiger partial charge in [-0.1, -0.05) is 41.5 Å². The molecule has 508 valence electrons. The standard InChI is InChI=1S/C57H74N22O14S2/c1-30(82)68-45-23-95-25-48(85)79-28-77(46(83)19-67-76-61)27-78(29-79)47(84)24-94-22-44(49(58)86)75-52(89)40(14-32-17-65-37-10-5-3-8-35(32)37)70-50(87)38(11-6-12-63-57(59)60)69-51(88)39(13-31-16-64-36-9-4-2-7-34(31)36)71-54(91)42(20-80)73-53(90)41(15-33-18-62-26-66-33)72-55(92)43(21-81)74-56(45)93/h2-5,7-10,16-18,26,38-45,64-65,80-81H,6,11-15,19-25,27-29H2,1H3,(H2,58,86)(H,62,66)(H,68,82)(H,69,88)(H,70,87)(H,71,91)(H,72,92)(H,73,90)(H,74,93)(H,75,89)(H4,59,60,63)/t38-,39-,40-,41-,42-,43-,44-,45-/m0/s1. The Morgan fingerprint density at radius 3 is 1.63 bits per heavy atom. The van der Waals surface area contributed by atoms with Crippen LogP contribution in [0, 0.1) is 0 Å². The Bertz CT molecular complexity index is 3690. The first-order chi connectivity index (χ1) is 45.5. The largest absolute Gasteiger partial charge is 0.394 e. The van der Waals surface area contributed by atoms with Gasteiger partial charge in [0, 0.05) is 95.2 Å². The van der Waals surface area contributed by atoms with Crippen LogP contribution >= 0.6 is 23.5 Å². The maximum absolute atomic E-state index is 15.0. The monoisotopic (exact) mass is 1350 g/mol. The highest BCUT2D eigenvalue weighted by molar-refractivity contribution is 8.00. The average Bonchev–Trinajstić information content (AvgIpc) is 1.83. The molecule has 38 heteroatoms. The number of carbonyl (C=O) groups excluding carboxylic acids is 12. The predicted molar refractivity (Wildman–Crippen MR) is 344 cm³/mol. The minimum atomic E-state index is -1.86. The van der Waals surface area contributed by atoms with Crippen LogP contribution in [-0.4, -0.2) is 239 Å². The van der Waals surface area contributed by atoms with E-state index in [-0.39, 0.29) is 61.8 Å². The Hall–Kier alpha value is -10.4. The highest BCUT2D eigenvalue weighted by Crippen LogP contribution is 2.22. The van der Waals surface area contributed by atoms with Crippen LogP contribution in [0.2, 0.25) is 0 Å². The lowest BCUT2D eigenvalue weighted by Gasteiger charge is -2.42. The van der Waals surface area contributed by atoms with Crippen LogP contribution < -0.4 is 59.7 Å². The van der Waals surface area contributed by atoms with Gasteiger partial charge >= 0.3 is 0 Å². The van der Waals surface area contributed by atoms with Gasteiger partial charge in [-0.25, -0.2) is 4.98 Å². The zero-order valence-corrected chi connectivity index (χ0v) is 52.9. The molecule has 8 atom stereocenters. The summed E-state index contributed by atoms with van der Waals surface area (Å²) in [5.41, 5.74) is 28.7. The minimum Gasteiger partial charge on any atom is -0.394 e. The van der Waals surface area contributed by atoms with Crippen molar-refractivity contribution in [3.63, 3.8) is 0 Å². The Morgan fingerprint density at radius 1 is 0.642 bits per heavy atom. The average molecular weight is 1360 g/mol. The first-order valence-electron chi connectivity index (χ1n) is 29.6. The number of aromatic amines is 3. The van der Waals surface area contributed by atoms with Gasteiger partial charge < -0.3 is 99.6 Å². The molecule has 2 fully saturated rings. The van der Waals surface area contributed by atoms with Crippen molar-refractivity contribution in [1.29, 1.82) is 0 Å². The summed E-state index contributed by atoms with van der Waals surface area (Å²) in [7, 11) is 0. The first-order valence-corrected chi connectivity index (χ1v) is 31.9. The van der Waals surface area contributed by atoms with E-state index in [2.05, 4.69) is 77.5 Å². The number of rotatable bonds is 16. The molecule has 5 heterocycles. The van der Waals surface area contributed by atoms with Crippen molar-refractivity contribution in [2.24, 2.45) is 27.3 Å². The van der Waals surface area contributed by atoms with Crippen molar-refractivity contribution in [3.05, 3.63) is 101 Å². The number of amides is 12. The van der Waals surface area contributed by atoms with E-state index in [1.54, 1.807) is 60.9 Å². The molecule has 3 aromatic heterocycles. The molecule has 36 nitrogen and oxygen atoms in total. The molecule has 2 aliphatic rings. The normalized spacial score (nSPS) is 22.4. The van der Waals surface area contributed by atoms with E-state index in [0.29, 0.717) is 32.9 Å². The molecule has 95 heavy (non-hydrogen) atoms. The second kappa shape index (κ2) is 35.0. The number of H-pyrrole nitrogens is 3. The predicted octanol–water partition coefficient (Wildman–Crippen LogP) is -5.02. The van der Waals surface area contributed by atoms with Crippen LogP contribution in [0.25, 0.3) is 32.2 Å². The second-order valence-corrected chi connectivity index (χ2v) is 24.0. The fourth-order valence-electron chi connectivity index (χ4n) is 10.1. The van der Waals surface area contributed by atoms with Crippen molar-refractivity contribution in [2.45, 2.75) is 87.4 Å². The number of aliphatic hydroxyl groups excluding tert-OH is 2. The van der Waals surface area contributed by atoms with E-state index in [4.69, 9.17) is 22.7 Å². The van der Waals surface area contributed by atoms with Crippen LogP contribution in [-0.2, 0) is 76.8 Å². The van der Waals surface area contributed by atoms with E-state index >= 15 is 0 Å². The van der Waals surface area contributed by atoms with Crippen LogP contribution in [0.15, 0.2) is 83.6 Å². The van der Waals surface area contributed by atoms with E-state index < -0.39 is 170 Å². The molecular weight excluding hydrogens is 1280 g/mol. The number of guanidine groups is 1. The third kappa shape index (κ3) is 20.8. The maximum atomic E-state index is 15.0. The van der Waals surface area contributed by atoms with Gasteiger partial charge in [-0.3, -0.25) is 62.5 Å². The lowest BCUT2D eigenvalue weighted by Crippen LogP contribution is -2.61. The quantitative estimate of drug-likeness (QED) is 0.0110. The maximum Gasteiger partial charge on any atom is 0.245 e. The number of para-hydroxylation sites is 2. The van der Waals surface area contributed by atoms with Crippen molar-refractivity contribution in [2.75, 3.05) is 69.3 Å². The Balaban J connectivity index is 1.25. The summed E-state index contributed by atoms with van der Waals surface area (Å²) >= 11 is 1.66. The molecule has 0 aliphatic carbocycles. The van der Waals surface area contributed by atoms with Gasteiger partial charge in [0.25, 0.3) is 0 Å². The van der Waals surface area contributed by atoms with Gasteiger partial charge in [0.2, 0.25) is 70.9 Å². The summed E-state index contributed by atoms with van der Waals surface area (Å²) < 4.78 is 0. The fourth-order valence-corrected chi connectivity index (χ4v) is 12.0. The van der Waals surface area contributed by atoms with Gasteiger partial charge in [-0.15, -0.1) is 23.5 Å². The molecule has 12 amide bonds. The summed E-state index contributed by atoms with van der Waals surface area (Å²) in [5, 5.41) is 46.0. The molecule has 2 aromatic carbocycles. The highest BCUT2D eigenvalue weighted by Gasteiger charge is 2.37. The number of nitrogens with one attached hydrogen (secondary N) is 11. The number of thioether (sulfide) groups is 2. The SMILES string of the molecule is CC(=O)N[C@H]1CSCC(=O)N2CN(C(=O)CN=[N+]=[N-])CN(C2)C(=O)CSC[C@@H](C(N)=O)NC(=O)[C@H](Cc2c[nH]c3ccccc23)NC(=O)[C@H](CCCN=C(N)N)NC(=O)[C@H](Cc2c[nH]c3ccccc23)NC(=O)[C@H](CO)NC(=O)[C@H](Cc2cnc[nH]2)NC(=O)[C@H](CO)NC1=O.